The normalized spacial score (nSPS) is 16.1. The van der Waals surface area contributed by atoms with Crippen LogP contribution in [0.3, 0.4) is 0 Å². The van der Waals surface area contributed by atoms with Crippen molar-refractivity contribution in [3.05, 3.63) is 18.2 Å². The third-order valence-electron chi connectivity index (χ3n) is 4.14. The van der Waals surface area contributed by atoms with Crippen LogP contribution in [0.2, 0.25) is 0 Å². The average molecular weight is 463 g/mol. The Morgan fingerprint density at radius 1 is 1.24 bits per heavy atom. The Morgan fingerprint density at radius 3 is 2.56 bits per heavy atom. The Kier molecular flexibility index (Phi) is 9.34. The van der Waals surface area contributed by atoms with Crippen LogP contribution in [0.1, 0.15) is 39.5 Å². The molecule has 1 aliphatic carbocycles. The zero-order valence-electron chi connectivity index (χ0n) is 15.3. The van der Waals surface area contributed by atoms with E-state index in [4.69, 9.17) is 9.47 Å². The van der Waals surface area contributed by atoms with Gasteiger partial charge in [-0.25, -0.2) is 0 Å². The highest BCUT2D eigenvalue weighted by molar-refractivity contribution is 14.0. The van der Waals surface area contributed by atoms with Crippen molar-refractivity contribution in [3.8, 4) is 11.5 Å². The fourth-order valence-corrected chi connectivity index (χ4v) is 2.88. The van der Waals surface area contributed by atoms with Crippen molar-refractivity contribution in [1.29, 1.82) is 0 Å². The molecule has 0 bridgehead atoms. The zero-order chi connectivity index (χ0) is 17.4. The lowest BCUT2D eigenvalue weighted by Crippen LogP contribution is -2.34. The smallest absolute Gasteiger partial charge is 0.195 e. The lowest BCUT2D eigenvalue weighted by molar-refractivity contribution is 0.0575. The van der Waals surface area contributed by atoms with E-state index >= 15 is 0 Å². The van der Waals surface area contributed by atoms with Gasteiger partial charge in [0.05, 0.1) is 25.9 Å². The minimum absolute atomic E-state index is 0. The molecule has 0 atom stereocenters. The Labute approximate surface area is 167 Å². The lowest BCUT2D eigenvalue weighted by atomic mass is 10.0. The summed E-state index contributed by atoms with van der Waals surface area (Å²) in [5.74, 6) is 2.05. The molecule has 142 valence electrons. The highest BCUT2D eigenvalue weighted by atomic mass is 127. The molecule has 7 heteroatoms. The number of rotatable bonds is 7. The first kappa shape index (κ1) is 21.8. The molecule has 1 fully saturated rings. The Hall–Kier alpha value is -1.22. The van der Waals surface area contributed by atoms with Crippen molar-refractivity contribution in [2.75, 3.05) is 32.1 Å². The van der Waals surface area contributed by atoms with Crippen LogP contribution < -0.4 is 20.1 Å². The number of nitrogens with one attached hydrogen (secondary N) is 2. The van der Waals surface area contributed by atoms with E-state index in [0.29, 0.717) is 30.6 Å². The molecule has 6 nitrogen and oxygen atoms in total. The number of benzene rings is 1. The number of hydrogen-bond donors (Lipinski definition) is 3. The van der Waals surface area contributed by atoms with Gasteiger partial charge in [-0.3, -0.25) is 4.99 Å². The first-order valence-electron chi connectivity index (χ1n) is 8.69. The molecule has 1 aromatic rings. The van der Waals surface area contributed by atoms with Crippen LogP contribution in [-0.2, 0) is 0 Å². The van der Waals surface area contributed by atoms with Crippen LogP contribution >= 0.6 is 24.0 Å². The van der Waals surface area contributed by atoms with Crippen molar-refractivity contribution in [2.45, 2.75) is 45.1 Å². The average Bonchev–Trinajstić information content (AvgIpc) is 3.01. The molecule has 0 aliphatic heterocycles. The maximum absolute atomic E-state index is 10.5. The molecule has 0 aromatic heterocycles. The van der Waals surface area contributed by atoms with E-state index in [1.807, 2.05) is 32.0 Å². The summed E-state index contributed by atoms with van der Waals surface area (Å²) in [6.07, 6.45) is 3.80. The van der Waals surface area contributed by atoms with E-state index < -0.39 is 5.60 Å². The molecule has 1 aliphatic rings. The Morgan fingerprint density at radius 2 is 1.96 bits per heavy atom. The van der Waals surface area contributed by atoms with Crippen molar-refractivity contribution in [3.63, 3.8) is 0 Å². The van der Waals surface area contributed by atoms with Crippen molar-refractivity contribution in [2.24, 2.45) is 4.99 Å². The minimum Gasteiger partial charge on any atom is -0.493 e. The monoisotopic (exact) mass is 463 g/mol. The summed E-state index contributed by atoms with van der Waals surface area (Å²) in [7, 11) is 1.62. The van der Waals surface area contributed by atoms with Crippen LogP contribution in [0, 0.1) is 0 Å². The number of aliphatic hydroxyl groups is 1. The van der Waals surface area contributed by atoms with Crippen LogP contribution in [0.15, 0.2) is 23.2 Å². The number of ether oxygens (including phenoxy) is 2. The van der Waals surface area contributed by atoms with Crippen molar-refractivity contribution < 1.29 is 14.6 Å². The lowest BCUT2D eigenvalue weighted by Gasteiger charge is -2.20. The van der Waals surface area contributed by atoms with Crippen molar-refractivity contribution >= 4 is 35.6 Å². The molecule has 2 rings (SSSR count). The van der Waals surface area contributed by atoms with Gasteiger partial charge >= 0.3 is 0 Å². The summed E-state index contributed by atoms with van der Waals surface area (Å²) in [4.78, 5) is 4.55. The number of methoxy groups -OCH3 is 1. The van der Waals surface area contributed by atoms with Gasteiger partial charge in [-0.1, -0.05) is 12.8 Å². The molecule has 0 saturated heterocycles. The van der Waals surface area contributed by atoms with Gasteiger partial charge in [0.25, 0.3) is 0 Å². The number of halogens is 1. The van der Waals surface area contributed by atoms with Crippen molar-refractivity contribution in [1.82, 2.24) is 5.32 Å². The zero-order valence-corrected chi connectivity index (χ0v) is 17.6. The molecule has 25 heavy (non-hydrogen) atoms. The number of aliphatic imine (C=N–C) groups is 1. The van der Waals surface area contributed by atoms with E-state index in [2.05, 4.69) is 15.6 Å². The Balaban J connectivity index is 0.00000312. The summed E-state index contributed by atoms with van der Waals surface area (Å²) < 4.78 is 10.9. The molecule has 0 spiro atoms. The van der Waals surface area contributed by atoms with Gasteiger partial charge in [0.1, 0.15) is 0 Å². The molecular formula is C18H30IN3O3. The topological polar surface area (TPSA) is 75.1 Å². The number of hydrogen-bond acceptors (Lipinski definition) is 4. The third-order valence-corrected chi connectivity index (χ3v) is 4.14. The fraction of sp³-hybridized carbons (Fsp3) is 0.611. The van der Waals surface area contributed by atoms with Gasteiger partial charge in [-0.05, 0) is 38.8 Å². The first-order valence-corrected chi connectivity index (χ1v) is 8.69. The highest BCUT2D eigenvalue weighted by Gasteiger charge is 2.30. The van der Waals surface area contributed by atoms with E-state index in [0.717, 1.165) is 37.9 Å². The molecular weight excluding hydrogens is 433 g/mol. The van der Waals surface area contributed by atoms with E-state index in [1.165, 1.54) is 0 Å². The maximum atomic E-state index is 10.5. The van der Waals surface area contributed by atoms with E-state index in [9.17, 15) is 5.11 Å². The SMILES string of the molecule is CCNC(=NCC1(O)CCCC1)Nc1ccc(OC)c(OCC)c1.I. The van der Waals surface area contributed by atoms with Gasteiger partial charge in [-0.15, -0.1) is 24.0 Å². The molecule has 1 saturated carbocycles. The summed E-state index contributed by atoms with van der Waals surface area (Å²) in [5, 5.41) is 16.9. The number of anilines is 1. The van der Waals surface area contributed by atoms with Crippen LogP contribution in [-0.4, -0.2) is 43.5 Å². The summed E-state index contributed by atoms with van der Waals surface area (Å²) >= 11 is 0. The second-order valence-electron chi connectivity index (χ2n) is 6.05. The second-order valence-corrected chi connectivity index (χ2v) is 6.05. The first-order chi connectivity index (χ1) is 11.6. The van der Waals surface area contributed by atoms with Gasteiger partial charge in [0.2, 0.25) is 0 Å². The fourth-order valence-electron chi connectivity index (χ4n) is 2.88. The predicted molar refractivity (Wildman–Crippen MR) is 113 cm³/mol. The molecule has 0 amide bonds. The van der Waals surface area contributed by atoms with Crippen LogP contribution in [0.25, 0.3) is 0 Å². The van der Waals surface area contributed by atoms with Gasteiger partial charge < -0.3 is 25.2 Å². The predicted octanol–water partition coefficient (Wildman–Crippen LogP) is 3.39. The standard InChI is InChI=1S/C18H29N3O3.HI/c1-4-19-17(20-13-18(22)10-6-7-11-18)21-14-8-9-15(23-3)16(12-14)24-5-2;/h8-9,12,22H,4-7,10-11,13H2,1-3H3,(H2,19,20,21);1H. The van der Waals surface area contributed by atoms with Crippen LogP contribution in [0.4, 0.5) is 5.69 Å². The third kappa shape index (κ3) is 6.54. The molecule has 0 unspecified atom stereocenters. The highest BCUT2D eigenvalue weighted by Crippen LogP contribution is 2.31. The maximum Gasteiger partial charge on any atom is 0.195 e. The molecule has 3 N–H and O–H groups in total. The summed E-state index contributed by atoms with van der Waals surface area (Å²) in [5.41, 5.74) is 0.205. The minimum atomic E-state index is -0.654. The number of guanidine groups is 1. The van der Waals surface area contributed by atoms with Gasteiger partial charge in [-0.2, -0.15) is 0 Å². The summed E-state index contributed by atoms with van der Waals surface area (Å²) in [6, 6.07) is 5.67. The second kappa shape index (κ2) is 10.7. The Bertz CT molecular complexity index is 560. The van der Waals surface area contributed by atoms with E-state index in [-0.39, 0.29) is 24.0 Å². The van der Waals surface area contributed by atoms with Gasteiger partial charge in [0, 0.05) is 18.3 Å². The van der Waals surface area contributed by atoms with Gasteiger partial charge in [0.15, 0.2) is 17.5 Å². The van der Waals surface area contributed by atoms with E-state index in [1.54, 1.807) is 7.11 Å². The quantitative estimate of drug-likeness (QED) is 0.329. The molecule has 0 radical (unpaired) electrons. The van der Waals surface area contributed by atoms with Crippen LogP contribution in [0.5, 0.6) is 11.5 Å². The largest absolute Gasteiger partial charge is 0.493 e. The molecule has 1 aromatic carbocycles. The summed E-state index contributed by atoms with van der Waals surface area (Å²) in [6.45, 7) is 5.69. The molecule has 0 heterocycles. The number of nitrogens with zero attached hydrogens (tertiary/aromatic N) is 1.